The number of halogens is 1. The van der Waals surface area contributed by atoms with Gasteiger partial charge in [0, 0.05) is 24.0 Å². The van der Waals surface area contributed by atoms with E-state index in [-0.39, 0.29) is 29.6 Å². The van der Waals surface area contributed by atoms with Crippen molar-refractivity contribution in [2.45, 2.75) is 25.2 Å². The van der Waals surface area contributed by atoms with Gasteiger partial charge in [0.2, 0.25) is 11.8 Å². The Morgan fingerprint density at radius 2 is 2.05 bits per heavy atom. The van der Waals surface area contributed by atoms with Gasteiger partial charge in [-0.2, -0.15) is 0 Å². The van der Waals surface area contributed by atoms with E-state index in [1.54, 1.807) is 4.90 Å². The lowest BCUT2D eigenvalue weighted by Crippen LogP contribution is -2.44. The molecule has 3 unspecified atom stereocenters. The number of rotatable bonds is 3. The quantitative estimate of drug-likeness (QED) is 0.930. The molecule has 1 aliphatic heterocycles. The minimum Gasteiger partial charge on any atom is -0.369 e. The summed E-state index contributed by atoms with van der Waals surface area (Å²) in [6, 6.07) is 7.70. The van der Waals surface area contributed by atoms with E-state index in [1.807, 2.05) is 24.3 Å². The molecule has 112 valence electrons. The van der Waals surface area contributed by atoms with Crippen LogP contribution < -0.4 is 5.73 Å². The number of hydrogen-bond acceptors (Lipinski definition) is 2. The molecule has 0 radical (unpaired) electrons. The van der Waals surface area contributed by atoms with E-state index in [2.05, 4.69) is 0 Å². The molecule has 2 N–H and O–H groups in total. The number of piperidine rings is 1. The number of nitrogens with two attached hydrogens (primary N) is 1. The number of hydrogen-bond donors (Lipinski definition) is 1. The zero-order valence-corrected chi connectivity index (χ0v) is 12.6. The lowest BCUT2D eigenvalue weighted by molar-refractivity contribution is -0.136. The summed E-state index contributed by atoms with van der Waals surface area (Å²) in [6.45, 7) is 1.20. The SMILES string of the molecule is NC(=O)C1CCCN(C(=O)C2CC2c2ccccc2Cl)C1. The molecule has 1 aromatic carbocycles. The van der Waals surface area contributed by atoms with Crippen LogP contribution >= 0.6 is 11.6 Å². The number of primary amides is 1. The summed E-state index contributed by atoms with van der Waals surface area (Å²) in [7, 11) is 0. The second kappa shape index (κ2) is 5.68. The molecular formula is C16H19ClN2O2. The average molecular weight is 307 g/mol. The third-order valence-electron chi connectivity index (χ3n) is 4.55. The van der Waals surface area contributed by atoms with Crippen LogP contribution in [0, 0.1) is 11.8 Å². The van der Waals surface area contributed by atoms with E-state index in [9.17, 15) is 9.59 Å². The van der Waals surface area contributed by atoms with Gasteiger partial charge in [0.25, 0.3) is 0 Å². The summed E-state index contributed by atoms with van der Waals surface area (Å²) in [5.74, 6) is -0.117. The molecule has 0 spiro atoms. The van der Waals surface area contributed by atoms with E-state index in [1.165, 1.54) is 0 Å². The van der Waals surface area contributed by atoms with Crippen molar-refractivity contribution in [2.75, 3.05) is 13.1 Å². The molecule has 0 bridgehead atoms. The fourth-order valence-electron chi connectivity index (χ4n) is 3.23. The highest BCUT2D eigenvalue weighted by Crippen LogP contribution is 2.50. The minimum atomic E-state index is -0.300. The smallest absolute Gasteiger partial charge is 0.226 e. The van der Waals surface area contributed by atoms with Crippen LogP contribution in [0.15, 0.2) is 24.3 Å². The molecule has 3 atom stereocenters. The first kappa shape index (κ1) is 14.4. The Balaban J connectivity index is 1.65. The minimum absolute atomic E-state index is 0.0107. The van der Waals surface area contributed by atoms with Crippen LogP contribution in [0.5, 0.6) is 0 Å². The molecule has 1 saturated heterocycles. The Hall–Kier alpha value is -1.55. The van der Waals surface area contributed by atoms with Crippen molar-refractivity contribution in [3.63, 3.8) is 0 Å². The van der Waals surface area contributed by atoms with Gasteiger partial charge in [-0.25, -0.2) is 0 Å². The van der Waals surface area contributed by atoms with Gasteiger partial charge in [-0.05, 0) is 36.8 Å². The second-order valence-corrected chi connectivity index (χ2v) is 6.40. The van der Waals surface area contributed by atoms with Gasteiger partial charge in [0.15, 0.2) is 0 Å². The first-order valence-corrected chi connectivity index (χ1v) is 7.78. The summed E-state index contributed by atoms with van der Waals surface area (Å²) in [6.07, 6.45) is 2.49. The molecule has 1 aromatic rings. The summed E-state index contributed by atoms with van der Waals surface area (Å²) >= 11 is 6.19. The fourth-order valence-corrected chi connectivity index (χ4v) is 3.51. The van der Waals surface area contributed by atoms with E-state index in [0.29, 0.717) is 6.54 Å². The predicted molar refractivity (Wildman–Crippen MR) is 80.8 cm³/mol. The average Bonchev–Trinajstić information content (AvgIpc) is 3.27. The molecule has 2 amide bonds. The summed E-state index contributed by atoms with van der Waals surface area (Å²) in [4.78, 5) is 25.7. The molecule has 2 fully saturated rings. The van der Waals surface area contributed by atoms with Crippen LogP contribution in [0.25, 0.3) is 0 Å². The van der Waals surface area contributed by atoms with Gasteiger partial charge >= 0.3 is 0 Å². The van der Waals surface area contributed by atoms with Crippen LogP contribution in [0.4, 0.5) is 0 Å². The van der Waals surface area contributed by atoms with Crippen molar-refractivity contribution >= 4 is 23.4 Å². The number of likely N-dealkylation sites (tertiary alicyclic amines) is 1. The highest BCUT2D eigenvalue weighted by molar-refractivity contribution is 6.31. The highest BCUT2D eigenvalue weighted by atomic mass is 35.5. The monoisotopic (exact) mass is 306 g/mol. The van der Waals surface area contributed by atoms with Crippen LogP contribution in [0.2, 0.25) is 5.02 Å². The van der Waals surface area contributed by atoms with Crippen molar-refractivity contribution < 1.29 is 9.59 Å². The van der Waals surface area contributed by atoms with Gasteiger partial charge in [0.05, 0.1) is 5.92 Å². The molecule has 5 heteroatoms. The van der Waals surface area contributed by atoms with E-state index >= 15 is 0 Å². The third-order valence-corrected chi connectivity index (χ3v) is 4.89. The standard InChI is InChI=1S/C16H19ClN2O2/c17-14-6-2-1-5-11(14)12-8-13(12)16(21)19-7-3-4-10(9-19)15(18)20/h1-2,5-6,10,12-13H,3-4,7-9H2,(H2,18,20). The highest BCUT2D eigenvalue weighted by Gasteiger charge is 2.47. The maximum Gasteiger partial charge on any atom is 0.226 e. The van der Waals surface area contributed by atoms with Crippen molar-refractivity contribution in [2.24, 2.45) is 17.6 Å². The van der Waals surface area contributed by atoms with Crippen molar-refractivity contribution in [1.82, 2.24) is 4.90 Å². The van der Waals surface area contributed by atoms with Crippen LogP contribution in [-0.4, -0.2) is 29.8 Å². The topological polar surface area (TPSA) is 63.4 Å². The number of amides is 2. The zero-order valence-electron chi connectivity index (χ0n) is 11.8. The van der Waals surface area contributed by atoms with Gasteiger partial charge in [0.1, 0.15) is 0 Å². The zero-order chi connectivity index (χ0) is 15.0. The maximum atomic E-state index is 12.6. The summed E-state index contributed by atoms with van der Waals surface area (Å²) < 4.78 is 0. The Bertz CT molecular complexity index is 575. The molecule has 0 aromatic heterocycles. The fraction of sp³-hybridized carbons (Fsp3) is 0.500. The molecule has 3 rings (SSSR count). The molecule has 21 heavy (non-hydrogen) atoms. The van der Waals surface area contributed by atoms with E-state index < -0.39 is 0 Å². The number of carbonyl (C=O) groups excluding carboxylic acids is 2. The van der Waals surface area contributed by atoms with Gasteiger partial charge < -0.3 is 10.6 Å². The Kier molecular flexibility index (Phi) is 3.89. The van der Waals surface area contributed by atoms with E-state index in [4.69, 9.17) is 17.3 Å². The third kappa shape index (κ3) is 2.91. The van der Waals surface area contributed by atoms with Crippen LogP contribution in [-0.2, 0) is 9.59 Å². The predicted octanol–water partition coefficient (Wildman–Crippen LogP) is 2.17. The summed E-state index contributed by atoms with van der Waals surface area (Å²) in [5.41, 5.74) is 6.42. The lowest BCUT2D eigenvalue weighted by atomic mass is 9.97. The Labute approximate surface area is 129 Å². The Morgan fingerprint density at radius 1 is 1.29 bits per heavy atom. The van der Waals surface area contributed by atoms with Gasteiger partial charge in [-0.1, -0.05) is 29.8 Å². The van der Waals surface area contributed by atoms with Crippen LogP contribution in [0.3, 0.4) is 0 Å². The number of benzene rings is 1. The first-order valence-electron chi connectivity index (χ1n) is 7.40. The largest absolute Gasteiger partial charge is 0.369 e. The van der Waals surface area contributed by atoms with Gasteiger partial charge in [-0.15, -0.1) is 0 Å². The number of carbonyl (C=O) groups is 2. The lowest BCUT2D eigenvalue weighted by Gasteiger charge is -2.31. The van der Waals surface area contributed by atoms with Crippen molar-refractivity contribution in [3.05, 3.63) is 34.9 Å². The maximum absolute atomic E-state index is 12.6. The second-order valence-electron chi connectivity index (χ2n) is 6.00. The summed E-state index contributed by atoms with van der Waals surface area (Å²) in [5, 5.41) is 0.728. The van der Waals surface area contributed by atoms with Crippen molar-refractivity contribution in [1.29, 1.82) is 0 Å². The molecule has 1 aliphatic carbocycles. The first-order chi connectivity index (χ1) is 10.1. The Morgan fingerprint density at radius 3 is 2.76 bits per heavy atom. The molecule has 2 aliphatic rings. The van der Waals surface area contributed by atoms with Crippen molar-refractivity contribution in [3.8, 4) is 0 Å². The molecule has 1 heterocycles. The molecular weight excluding hydrogens is 288 g/mol. The number of nitrogens with zero attached hydrogens (tertiary/aromatic N) is 1. The normalized spacial score (nSPS) is 28.2. The molecule has 1 saturated carbocycles. The molecule has 4 nitrogen and oxygen atoms in total. The van der Waals surface area contributed by atoms with Crippen LogP contribution in [0.1, 0.15) is 30.7 Å². The van der Waals surface area contributed by atoms with Gasteiger partial charge in [-0.3, -0.25) is 9.59 Å². The van der Waals surface area contributed by atoms with E-state index in [0.717, 1.165) is 36.4 Å².